The lowest BCUT2D eigenvalue weighted by atomic mass is 9.61. The standard InChI is InChI=1S/C14H26O4/c1-10(2)14(6-4-5-11(3)9-14)12(13(16)17)18-8-7-15/h10-12,15H,4-9H2,1-3H3,(H,16,17)/t11-,12?,14?/m1/s1. The molecule has 0 amide bonds. The second-order valence-corrected chi connectivity index (χ2v) is 5.90. The Hall–Kier alpha value is -0.610. The number of rotatable bonds is 6. The SMILES string of the molecule is CC(C)C1(C(OCCO)C(=O)O)CCC[C@@H](C)C1. The number of carboxylic acid groups (broad SMARTS) is 1. The highest BCUT2D eigenvalue weighted by atomic mass is 16.5. The molecule has 0 saturated heterocycles. The molecule has 0 spiro atoms. The van der Waals surface area contributed by atoms with Crippen LogP contribution in [0.4, 0.5) is 0 Å². The Balaban J connectivity index is 2.95. The molecule has 1 rings (SSSR count). The van der Waals surface area contributed by atoms with Crippen LogP contribution in [0.1, 0.15) is 46.5 Å². The highest BCUT2D eigenvalue weighted by molar-refractivity contribution is 5.73. The zero-order chi connectivity index (χ0) is 13.8. The Kier molecular flexibility index (Phi) is 5.60. The monoisotopic (exact) mass is 258 g/mol. The van der Waals surface area contributed by atoms with Gasteiger partial charge in [0.1, 0.15) is 0 Å². The second kappa shape index (κ2) is 6.53. The average Bonchev–Trinajstić information content (AvgIpc) is 2.28. The molecule has 1 aliphatic carbocycles. The van der Waals surface area contributed by atoms with Crippen LogP contribution < -0.4 is 0 Å². The molecule has 0 aromatic rings. The maximum Gasteiger partial charge on any atom is 0.333 e. The molecule has 18 heavy (non-hydrogen) atoms. The van der Waals surface area contributed by atoms with Gasteiger partial charge in [0.2, 0.25) is 0 Å². The largest absolute Gasteiger partial charge is 0.479 e. The quantitative estimate of drug-likeness (QED) is 0.767. The summed E-state index contributed by atoms with van der Waals surface area (Å²) in [7, 11) is 0. The third kappa shape index (κ3) is 3.23. The van der Waals surface area contributed by atoms with Crippen molar-refractivity contribution in [3.8, 4) is 0 Å². The second-order valence-electron chi connectivity index (χ2n) is 5.90. The van der Waals surface area contributed by atoms with Crippen LogP contribution in [0.3, 0.4) is 0 Å². The van der Waals surface area contributed by atoms with E-state index in [4.69, 9.17) is 9.84 Å². The van der Waals surface area contributed by atoms with Crippen molar-refractivity contribution >= 4 is 5.97 Å². The van der Waals surface area contributed by atoms with Crippen molar-refractivity contribution in [3.05, 3.63) is 0 Å². The summed E-state index contributed by atoms with van der Waals surface area (Å²) in [5, 5.41) is 18.3. The van der Waals surface area contributed by atoms with E-state index in [1.807, 2.05) is 0 Å². The first-order chi connectivity index (χ1) is 8.44. The van der Waals surface area contributed by atoms with E-state index in [2.05, 4.69) is 20.8 Å². The van der Waals surface area contributed by atoms with Crippen LogP contribution in [0.25, 0.3) is 0 Å². The molecular weight excluding hydrogens is 232 g/mol. The van der Waals surface area contributed by atoms with Gasteiger partial charge in [-0.05, 0) is 24.7 Å². The Morgan fingerprint density at radius 2 is 2.17 bits per heavy atom. The summed E-state index contributed by atoms with van der Waals surface area (Å²) in [6, 6.07) is 0. The van der Waals surface area contributed by atoms with Crippen molar-refractivity contribution in [2.24, 2.45) is 17.3 Å². The van der Waals surface area contributed by atoms with E-state index in [-0.39, 0.29) is 24.5 Å². The molecule has 0 radical (unpaired) electrons. The summed E-state index contributed by atoms with van der Waals surface area (Å²) in [5.74, 6) is -0.0907. The lowest BCUT2D eigenvalue weighted by molar-refractivity contribution is -0.170. The molecule has 1 fully saturated rings. The number of aliphatic carboxylic acids is 1. The zero-order valence-electron chi connectivity index (χ0n) is 11.7. The molecule has 2 N–H and O–H groups in total. The van der Waals surface area contributed by atoms with Crippen molar-refractivity contribution < 1.29 is 19.7 Å². The third-order valence-electron chi connectivity index (χ3n) is 4.34. The first-order valence-electron chi connectivity index (χ1n) is 6.89. The van der Waals surface area contributed by atoms with E-state index >= 15 is 0 Å². The number of ether oxygens (including phenoxy) is 1. The molecule has 0 aromatic carbocycles. The minimum absolute atomic E-state index is 0.0970. The van der Waals surface area contributed by atoms with Crippen LogP contribution in [0.5, 0.6) is 0 Å². The van der Waals surface area contributed by atoms with E-state index in [1.165, 1.54) is 6.42 Å². The molecule has 0 heterocycles. The van der Waals surface area contributed by atoms with Gasteiger partial charge < -0.3 is 14.9 Å². The normalized spacial score (nSPS) is 30.4. The van der Waals surface area contributed by atoms with Crippen molar-refractivity contribution in [2.45, 2.75) is 52.6 Å². The number of carbonyl (C=O) groups is 1. The molecule has 2 unspecified atom stereocenters. The minimum Gasteiger partial charge on any atom is -0.479 e. The van der Waals surface area contributed by atoms with Gasteiger partial charge >= 0.3 is 5.97 Å². The van der Waals surface area contributed by atoms with Gasteiger partial charge in [0.05, 0.1) is 13.2 Å². The number of hydrogen-bond acceptors (Lipinski definition) is 3. The van der Waals surface area contributed by atoms with Crippen LogP contribution in [0, 0.1) is 17.3 Å². The summed E-state index contributed by atoms with van der Waals surface area (Å²) in [6.07, 6.45) is 3.23. The Bertz CT molecular complexity index is 277. The predicted octanol–water partition coefficient (Wildman–Crippen LogP) is 2.30. The first kappa shape index (κ1) is 15.4. The summed E-state index contributed by atoms with van der Waals surface area (Å²) in [6.45, 7) is 6.31. The molecule has 4 heteroatoms. The van der Waals surface area contributed by atoms with E-state index < -0.39 is 12.1 Å². The number of aliphatic hydroxyl groups is 1. The molecule has 1 saturated carbocycles. The van der Waals surface area contributed by atoms with Gasteiger partial charge in [-0.15, -0.1) is 0 Å². The molecule has 1 aliphatic rings. The zero-order valence-corrected chi connectivity index (χ0v) is 11.7. The van der Waals surface area contributed by atoms with Gasteiger partial charge in [-0.1, -0.05) is 33.6 Å². The molecule has 0 aliphatic heterocycles. The van der Waals surface area contributed by atoms with Crippen LogP contribution in [0.2, 0.25) is 0 Å². The summed E-state index contributed by atoms with van der Waals surface area (Å²) in [5.41, 5.74) is -0.293. The Labute approximate surface area is 109 Å². The van der Waals surface area contributed by atoms with E-state index in [9.17, 15) is 9.90 Å². The topological polar surface area (TPSA) is 66.8 Å². The fourth-order valence-corrected chi connectivity index (χ4v) is 3.35. The third-order valence-corrected chi connectivity index (χ3v) is 4.34. The molecule has 0 aromatic heterocycles. The lowest BCUT2D eigenvalue weighted by Gasteiger charge is -2.46. The molecular formula is C14H26O4. The number of carboxylic acids is 1. The van der Waals surface area contributed by atoms with E-state index in [0.29, 0.717) is 5.92 Å². The smallest absolute Gasteiger partial charge is 0.333 e. The molecule has 3 atom stereocenters. The van der Waals surface area contributed by atoms with Gasteiger partial charge in [0, 0.05) is 5.41 Å². The summed E-state index contributed by atoms with van der Waals surface area (Å²) in [4.78, 5) is 11.5. The average molecular weight is 258 g/mol. The Morgan fingerprint density at radius 1 is 1.50 bits per heavy atom. The van der Waals surface area contributed by atoms with Gasteiger partial charge in [0.15, 0.2) is 6.10 Å². The van der Waals surface area contributed by atoms with E-state index in [0.717, 1.165) is 19.3 Å². The van der Waals surface area contributed by atoms with Crippen molar-refractivity contribution in [1.29, 1.82) is 0 Å². The summed E-state index contributed by atoms with van der Waals surface area (Å²) < 4.78 is 5.46. The predicted molar refractivity (Wildman–Crippen MR) is 69.4 cm³/mol. The first-order valence-corrected chi connectivity index (χ1v) is 6.89. The lowest BCUT2D eigenvalue weighted by Crippen LogP contribution is -2.49. The van der Waals surface area contributed by atoms with E-state index in [1.54, 1.807) is 0 Å². The van der Waals surface area contributed by atoms with Crippen LogP contribution in [-0.2, 0) is 9.53 Å². The number of aliphatic hydroxyl groups excluding tert-OH is 1. The molecule has 4 nitrogen and oxygen atoms in total. The van der Waals surface area contributed by atoms with Crippen molar-refractivity contribution in [1.82, 2.24) is 0 Å². The van der Waals surface area contributed by atoms with Crippen LogP contribution >= 0.6 is 0 Å². The highest BCUT2D eigenvalue weighted by Gasteiger charge is 2.48. The maximum absolute atomic E-state index is 11.5. The number of hydrogen-bond donors (Lipinski definition) is 2. The summed E-state index contributed by atoms with van der Waals surface area (Å²) >= 11 is 0. The Morgan fingerprint density at radius 3 is 2.61 bits per heavy atom. The van der Waals surface area contributed by atoms with Crippen molar-refractivity contribution in [3.63, 3.8) is 0 Å². The minimum atomic E-state index is -0.897. The molecule has 0 bridgehead atoms. The van der Waals surface area contributed by atoms with Gasteiger partial charge in [-0.25, -0.2) is 4.79 Å². The van der Waals surface area contributed by atoms with Gasteiger partial charge in [-0.2, -0.15) is 0 Å². The fourth-order valence-electron chi connectivity index (χ4n) is 3.35. The van der Waals surface area contributed by atoms with Crippen molar-refractivity contribution in [2.75, 3.05) is 13.2 Å². The van der Waals surface area contributed by atoms with Gasteiger partial charge in [0.25, 0.3) is 0 Å². The highest BCUT2D eigenvalue weighted by Crippen LogP contribution is 2.48. The maximum atomic E-state index is 11.5. The molecule has 106 valence electrons. The fraction of sp³-hybridized carbons (Fsp3) is 0.929. The van der Waals surface area contributed by atoms with Gasteiger partial charge in [-0.3, -0.25) is 0 Å². The van der Waals surface area contributed by atoms with Crippen LogP contribution in [-0.4, -0.2) is 35.5 Å². The van der Waals surface area contributed by atoms with Crippen LogP contribution in [0.15, 0.2) is 0 Å².